The van der Waals surface area contributed by atoms with Crippen LogP contribution >= 0.6 is 0 Å². The molecule has 0 bridgehead atoms. The summed E-state index contributed by atoms with van der Waals surface area (Å²) in [7, 11) is 0. The number of likely N-dealkylation sites (N-methyl/N-ethyl adjacent to an activating group) is 1. The molecular weight excluding hydrogens is 274 g/mol. The second kappa shape index (κ2) is 5.28. The number of anilines is 1. The number of aryl methyl sites for hydroxylation is 1. The average molecular weight is 291 g/mol. The monoisotopic (exact) mass is 291 g/mol. The van der Waals surface area contributed by atoms with Crippen molar-refractivity contribution in [3.8, 4) is 0 Å². The van der Waals surface area contributed by atoms with Crippen LogP contribution in [-0.2, 0) is 9.53 Å². The number of hydrogen-bond acceptors (Lipinski definition) is 6. The average Bonchev–Trinajstić information content (AvgIpc) is 3.08. The highest BCUT2D eigenvalue weighted by Crippen LogP contribution is 2.26. The van der Waals surface area contributed by atoms with Crippen molar-refractivity contribution in [3.05, 3.63) is 18.2 Å². The number of carbonyl (C=O) groups is 1. The Kier molecular flexibility index (Phi) is 3.46. The van der Waals surface area contributed by atoms with Crippen molar-refractivity contribution in [3.63, 3.8) is 0 Å². The predicted octanol–water partition coefficient (Wildman–Crippen LogP) is 0.359. The van der Waals surface area contributed by atoms with E-state index in [1.807, 2.05) is 23.1 Å². The highest BCUT2D eigenvalue weighted by Gasteiger charge is 2.38. The van der Waals surface area contributed by atoms with Gasteiger partial charge in [-0.25, -0.2) is 4.98 Å². The third kappa shape index (κ3) is 2.21. The lowest BCUT2D eigenvalue weighted by Gasteiger charge is -2.30. The first kappa shape index (κ1) is 13.7. The molecule has 0 aromatic carbocycles. The molecule has 2 aromatic rings. The Morgan fingerprint density at radius 3 is 3.05 bits per heavy atom. The maximum absolute atomic E-state index is 11.4. The van der Waals surface area contributed by atoms with E-state index in [-0.39, 0.29) is 12.6 Å². The van der Waals surface area contributed by atoms with Gasteiger partial charge < -0.3 is 14.7 Å². The Hall–Kier alpha value is -2.22. The molecule has 0 saturated carbocycles. The van der Waals surface area contributed by atoms with E-state index in [4.69, 9.17) is 4.74 Å². The lowest BCUT2D eigenvalue weighted by atomic mass is 10.0. The maximum atomic E-state index is 11.4. The summed E-state index contributed by atoms with van der Waals surface area (Å²) >= 11 is 0. The van der Waals surface area contributed by atoms with Crippen LogP contribution in [0.3, 0.4) is 0 Å². The Morgan fingerprint density at radius 1 is 1.52 bits per heavy atom. The van der Waals surface area contributed by atoms with Gasteiger partial charge in [0.15, 0.2) is 5.82 Å². The number of carboxylic acid groups (broad SMARTS) is 1. The minimum absolute atomic E-state index is 0.228. The fourth-order valence-electron chi connectivity index (χ4n) is 2.76. The molecule has 2 aromatic heterocycles. The first-order valence-electron chi connectivity index (χ1n) is 6.87. The zero-order valence-electron chi connectivity index (χ0n) is 11.9. The van der Waals surface area contributed by atoms with Crippen molar-refractivity contribution in [1.29, 1.82) is 0 Å². The molecule has 3 heterocycles. The minimum Gasteiger partial charge on any atom is -0.481 e. The molecule has 1 saturated heterocycles. The number of aromatic nitrogens is 4. The quantitative estimate of drug-likeness (QED) is 0.869. The molecule has 0 amide bonds. The molecule has 0 aliphatic carbocycles. The molecule has 1 aliphatic heterocycles. The summed E-state index contributed by atoms with van der Waals surface area (Å²) in [4.78, 5) is 17.7. The van der Waals surface area contributed by atoms with E-state index in [0.717, 1.165) is 5.82 Å². The third-order valence-electron chi connectivity index (χ3n) is 3.86. The Balaban J connectivity index is 2.04. The highest BCUT2D eigenvalue weighted by molar-refractivity contribution is 5.73. The first-order valence-corrected chi connectivity index (χ1v) is 6.87. The second-order valence-electron chi connectivity index (χ2n) is 5.03. The van der Waals surface area contributed by atoms with Crippen molar-refractivity contribution in [2.24, 2.45) is 5.92 Å². The summed E-state index contributed by atoms with van der Waals surface area (Å²) in [5, 5.41) is 17.5. The molecule has 21 heavy (non-hydrogen) atoms. The van der Waals surface area contributed by atoms with Gasteiger partial charge >= 0.3 is 5.97 Å². The maximum Gasteiger partial charge on any atom is 0.311 e. The number of hydrogen-bond donors (Lipinski definition) is 1. The van der Waals surface area contributed by atoms with Gasteiger partial charge in [-0.05, 0) is 13.8 Å². The van der Waals surface area contributed by atoms with Gasteiger partial charge in [0.25, 0.3) is 0 Å². The van der Waals surface area contributed by atoms with E-state index in [0.29, 0.717) is 24.6 Å². The molecule has 2 atom stereocenters. The minimum atomic E-state index is -0.847. The van der Waals surface area contributed by atoms with Gasteiger partial charge in [-0.15, -0.1) is 10.2 Å². The van der Waals surface area contributed by atoms with Crippen LogP contribution in [0, 0.1) is 12.8 Å². The SMILES string of the molecule is CCN(c1nccn2c(C)nnc12)C1COCC1C(=O)O. The lowest BCUT2D eigenvalue weighted by Crippen LogP contribution is -2.44. The zero-order valence-corrected chi connectivity index (χ0v) is 11.9. The van der Waals surface area contributed by atoms with Crippen molar-refractivity contribution in [2.75, 3.05) is 24.7 Å². The summed E-state index contributed by atoms with van der Waals surface area (Å²) in [6.45, 7) is 5.05. The number of fused-ring (bicyclic) bond motifs is 1. The topological polar surface area (TPSA) is 92.9 Å². The van der Waals surface area contributed by atoms with Gasteiger partial charge in [-0.3, -0.25) is 9.20 Å². The molecule has 0 spiro atoms. The molecule has 1 N–H and O–H groups in total. The van der Waals surface area contributed by atoms with Crippen LogP contribution in [0.5, 0.6) is 0 Å². The summed E-state index contributed by atoms with van der Waals surface area (Å²) in [6, 6.07) is -0.247. The van der Waals surface area contributed by atoms with Crippen LogP contribution in [0.25, 0.3) is 5.65 Å². The fraction of sp³-hybridized carbons (Fsp3) is 0.538. The number of aliphatic carboxylic acids is 1. The number of nitrogens with zero attached hydrogens (tertiary/aromatic N) is 5. The standard InChI is InChI=1S/C13H17N5O3/c1-3-17(10-7-21-6-9(10)13(19)20)11-12-16-15-8(2)18(12)5-4-14-11/h4-5,9-10H,3,6-7H2,1-2H3,(H,19,20). The van der Waals surface area contributed by atoms with Crippen molar-refractivity contribution < 1.29 is 14.6 Å². The van der Waals surface area contributed by atoms with E-state index >= 15 is 0 Å². The lowest BCUT2D eigenvalue weighted by molar-refractivity contribution is -0.141. The van der Waals surface area contributed by atoms with E-state index in [9.17, 15) is 9.90 Å². The van der Waals surface area contributed by atoms with E-state index < -0.39 is 11.9 Å². The summed E-state index contributed by atoms with van der Waals surface area (Å²) in [5.74, 6) is 0.00100. The molecule has 2 unspecified atom stereocenters. The molecule has 8 heteroatoms. The van der Waals surface area contributed by atoms with Gasteiger partial charge in [0, 0.05) is 18.9 Å². The molecule has 1 fully saturated rings. The highest BCUT2D eigenvalue weighted by atomic mass is 16.5. The number of carboxylic acids is 1. The predicted molar refractivity (Wildman–Crippen MR) is 74.3 cm³/mol. The van der Waals surface area contributed by atoms with Crippen LogP contribution in [0.4, 0.5) is 5.82 Å². The van der Waals surface area contributed by atoms with Crippen molar-refractivity contribution in [1.82, 2.24) is 19.6 Å². The summed E-state index contributed by atoms with van der Waals surface area (Å²) in [6.07, 6.45) is 3.47. The Morgan fingerprint density at radius 2 is 2.33 bits per heavy atom. The second-order valence-corrected chi connectivity index (χ2v) is 5.03. The normalized spacial score (nSPS) is 21.8. The first-order chi connectivity index (χ1) is 10.1. The molecule has 0 radical (unpaired) electrons. The van der Waals surface area contributed by atoms with Crippen LogP contribution in [0.15, 0.2) is 12.4 Å². The van der Waals surface area contributed by atoms with Crippen LogP contribution < -0.4 is 4.90 Å². The van der Waals surface area contributed by atoms with Crippen LogP contribution in [-0.4, -0.2) is 56.5 Å². The molecular formula is C13H17N5O3. The van der Waals surface area contributed by atoms with E-state index in [1.54, 1.807) is 12.4 Å². The van der Waals surface area contributed by atoms with E-state index in [2.05, 4.69) is 15.2 Å². The van der Waals surface area contributed by atoms with E-state index in [1.165, 1.54) is 0 Å². The van der Waals surface area contributed by atoms with Gasteiger partial charge in [0.05, 0.1) is 19.3 Å². The van der Waals surface area contributed by atoms with Gasteiger partial charge in [-0.2, -0.15) is 0 Å². The number of ether oxygens (including phenoxy) is 1. The summed E-state index contributed by atoms with van der Waals surface area (Å²) in [5.41, 5.74) is 0.632. The number of rotatable bonds is 4. The van der Waals surface area contributed by atoms with Crippen LogP contribution in [0.1, 0.15) is 12.7 Å². The zero-order chi connectivity index (χ0) is 15.0. The fourth-order valence-corrected chi connectivity index (χ4v) is 2.76. The third-order valence-corrected chi connectivity index (χ3v) is 3.86. The molecule has 112 valence electrons. The van der Waals surface area contributed by atoms with Gasteiger partial charge in [-0.1, -0.05) is 0 Å². The van der Waals surface area contributed by atoms with Crippen LogP contribution in [0.2, 0.25) is 0 Å². The van der Waals surface area contributed by atoms with Crippen molar-refractivity contribution in [2.45, 2.75) is 19.9 Å². The van der Waals surface area contributed by atoms with Gasteiger partial charge in [0.2, 0.25) is 5.65 Å². The summed E-state index contributed by atoms with van der Waals surface area (Å²) < 4.78 is 7.20. The largest absolute Gasteiger partial charge is 0.481 e. The Labute approximate surface area is 121 Å². The molecule has 3 rings (SSSR count). The van der Waals surface area contributed by atoms with Crippen molar-refractivity contribution >= 4 is 17.4 Å². The molecule has 8 nitrogen and oxygen atoms in total. The Bertz CT molecular complexity index is 671. The smallest absolute Gasteiger partial charge is 0.311 e. The molecule has 1 aliphatic rings. The van der Waals surface area contributed by atoms with Gasteiger partial charge in [0.1, 0.15) is 11.7 Å².